The fourth-order valence-electron chi connectivity index (χ4n) is 1.50. The molecule has 1 atom stereocenters. The van der Waals surface area contributed by atoms with Crippen molar-refractivity contribution in [2.45, 2.75) is 32.4 Å². The molecule has 0 aromatic heterocycles. The lowest BCUT2D eigenvalue weighted by molar-refractivity contribution is 0.305. The van der Waals surface area contributed by atoms with Crippen molar-refractivity contribution in [3.05, 3.63) is 29.3 Å². The zero-order chi connectivity index (χ0) is 13.1. The van der Waals surface area contributed by atoms with Gasteiger partial charge in [-0.15, -0.1) is 0 Å². The smallest absolute Gasteiger partial charge is 0.119 e. The van der Waals surface area contributed by atoms with E-state index in [1.54, 1.807) is 0 Å². The second-order valence-corrected chi connectivity index (χ2v) is 6.05. The van der Waals surface area contributed by atoms with Crippen LogP contribution in [0.15, 0.2) is 18.2 Å². The number of benzene rings is 1. The van der Waals surface area contributed by atoms with Crippen molar-refractivity contribution in [3.63, 3.8) is 0 Å². The van der Waals surface area contributed by atoms with Gasteiger partial charge in [0.05, 0.1) is 16.7 Å². The van der Waals surface area contributed by atoms with Crippen LogP contribution in [0.5, 0.6) is 5.75 Å². The van der Waals surface area contributed by atoms with E-state index in [0.717, 1.165) is 11.1 Å². The van der Waals surface area contributed by atoms with E-state index in [9.17, 15) is 13.0 Å². The summed E-state index contributed by atoms with van der Waals surface area (Å²) >= 11 is 0. The van der Waals surface area contributed by atoms with Gasteiger partial charge in [-0.1, -0.05) is 6.07 Å². The molecular weight excluding hydrogens is 240 g/mol. The average molecular weight is 257 g/mol. The van der Waals surface area contributed by atoms with Crippen molar-refractivity contribution in [2.24, 2.45) is 0 Å². The largest absolute Gasteiger partial charge is 0.748 e. The first-order chi connectivity index (χ1) is 7.79. The molecule has 96 valence electrons. The maximum atomic E-state index is 10.7. The molecule has 17 heavy (non-hydrogen) atoms. The number of hydrogen-bond donors (Lipinski definition) is 0. The van der Waals surface area contributed by atoms with E-state index >= 15 is 0 Å². The van der Waals surface area contributed by atoms with E-state index in [-0.39, 0.29) is 13.0 Å². The molecule has 0 aliphatic rings. The second kappa shape index (κ2) is 5.51. The molecular formula is C12H17O4S-. The van der Waals surface area contributed by atoms with Gasteiger partial charge < -0.3 is 9.29 Å². The van der Waals surface area contributed by atoms with Crippen LogP contribution in [0.3, 0.4) is 0 Å². The summed E-state index contributed by atoms with van der Waals surface area (Å²) in [5.41, 5.74) is 2.17. The Labute approximate surface area is 102 Å². The molecule has 0 spiro atoms. The molecule has 0 saturated heterocycles. The average Bonchev–Trinajstić information content (AvgIpc) is 2.14. The van der Waals surface area contributed by atoms with Crippen molar-refractivity contribution in [3.8, 4) is 5.75 Å². The summed E-state index contributed by atoms with van der Waals surface area (Å²) in [7, 11) is -4.20. The third-order valence-electron chi connectivity index (χ3n) is 2.48. The molecule has 0 aliphatic heterocycles. The quantitative estimate of drug-likeness (QED) is 0.757. The molecule has 1 rings (SSSR count). The minimum atomic E-state index is -4.20. The lowest BCUT2D eigenvalue weighted by Crippen LogP contribution is -2.19. The van der Waals surface area contributed by atoms with E-state index < -0.39 is 15.4 Å². The van der Waals surface area contributed by atoms with Crippen molar-refractivity contribution < 1.29 is 17.7 Å². The Bertz CT molecular complexity index is 459. The van der Waals surface area contributed by atoms with E-state index in [0.29, 0.717) is 5.75 Å². The zero-order valence-electron chi connectivity index (χ0n) is 10.3. The molecule has 1 aromatic carbocycles. The Morgan fingerprint density at radius 3 is 2.24 bits per heavy atom. The summed E-state index contributed by atoms with van der Waals surface area (Å²) < 4.78 is 37.4. The van der Waals surface area contributed by atoms with E-state index in [1.807, 2.05) is 32.0 Å². The Morgan fingerprint density at radius 2 is 1.76 bits per heavy atom. The van der Waals surface area contributed by atoms with Crippen LogP contribution in [0.1, 0.15) is 24.5 Å². The van der Waals surface area contributed by atoms with Crippen LogP contribution >= 0.6 is 0 Å². The Hall–Kier alpha value is -1.07. The Kier molecular flexibility index (Phi) is 4.54. The van der Waals surface area contributed by atoms with Gasteiger partial charge in [-0.2, -0.15) is 0 Å². The third kappa shape index (κ3) is 4.75. The van der Waals surface area contributed by atoms with Crippen LogP contribution in [0.2, 0.25) is 0 Å². The molecule has 0 aliphatic carbocycles. The molecule has 0 saturated carbocycles. The minimum absolute atomic E-state index is 0.207. The van der Waals surface area contributed by atoms with Gasteiger partial charge in [0.1, 0.15) is 5.75 Å². The molecule has 0 fully saturated rings. The molecule has 0 bridgehead atoms. The monoisotopic (exact) mass is 257 g/mol. The first-order valence-electron chi connectivity index (χ1n) is 5.45. The fraction of sp³-hybridized carbons (Fsp3) is 0.500. The van der Waals surface area contributed by atoms with Crippen molar-refractivity contribution in [1.82, 2.24) is 0 Å². The maximum Gasteiger partial charge on any atom is 0.119 e. The van der Waals surface area contributed by atoms with Crippen LogP contribution in [-0.4, -0.2) is 24.8 Å². The van der Waals surface area contributed by atoms with E-state index in [2.05, 4.69) is 0 Å². The summed E-state index contributed by atoms with van der Waals surface area (Å²) in [4.78, 5) is 0. The van der Waals surface area contributed by atoms with Crippen molar-refractivity contribution >= 4 is 10.1 Å². The van der Waals surface area contributed by atoms with E-state index in [4.69, 9.17) is 4.74 Å². The van der Waals surface area contributed by atoms with Gasteiger partial charge in [-0.25, -0.2) is 8.42 Å². The number of rotatable bonds is 5. The highest BCUT2D eigenvalue weighted by molar-refractivity contribution is 7.86. The fourth-order valence-corrected chi connectivity index (χ4v) is 1.89. The van der Waals surface area contributed by atoms with Crippen LogP contribution < -0.4 is 4.74 Å². The first kappa shape index (κ1) is 14.0. The summed E-state index contributed by atoms with van der Waals surface area (Å²) in [6.45, 7) is 5.55. The lowest BCUT2D eigenvalue weighted by atomic mass is 10.1. The van der Waals surface area contributed by atoms with Gasteiger partial charge in [0.2, 0.25) is 0 Å². The highest BCUT2D eigenvalue weighted by atomic mass is 32.2. The lowest BCUT2D eigenvalue weighted by Gasteiger charge is -2.16. The Morgan fingerprint density at radius 1 is 1.24 bits per heavy atom. The van der Waals surface area contributed by atoms with Gasteiger partial charge in [-0.3, -0.25) is 0 Å². The predicted octanol–water partition coefficient (Wildman–Crippen LogP) is 2.01. The Balaban J connectivity index is 2.52. The van der Waals surface area contributed by atoms with Crippen molar-refractivity contribution in [1.29, 1.82) is 0 Å². The van der Waals surface area contributed by atoms with Crippen LogP contribution in [0.25, 0.3) is 0 Å². The zero-order valence-corrected chi connectivity index (χ0v) is 11.1. The third-order valence-corrected chi connectivity index (χ3v) is 3.70. The van der Waals surface area contributed by atoms with Gasteiger partial charge in [0, 0.05) is 5.25 Å². The SMILES string of the molecule is Cc1cc(C)cc(OCCC(C)S(=O)(=O)[O-])c1. The predicted molar refractivity (Wildman–Crippen MR) is 65.2 cm³/mol. The standard InChI is InChI=1S/C12H18O4S/c1-9-6-10(2)8-12(7-9)16-5-4-11(3)17(13,14)15/h6-8,11H,4-5H2,1-3H3,(H,13,14,15)/p-1. The number of hydrogen-bond acceptors (Lipinski definition) is 4. The second-order valence-electron chi connectivity index (χ2n) is 4.26. The molecule has 4 nitrogen and oxygen atoms in total. The van der Waals surface area contributed by atoms with E-state index in [1.165, 1.54) is 6.92 Å². The summed E-state index contributed by atoms with van der Waals surface area (Å²) in [5, 5.41) is -0.909. The summed E-state index contributed by atoms with van der Waals surface area (Å²) in [6, 6.07) is 5.78. The van der Waals surface area contributed by atoms with Crippen LogP contribution in [0, 0.1) is 13.8 Å². The van der Waals surface area contributed by atoms with Gasteiger partial charge >= 0.3 is 0 Å². The molecule has 1 unspecified atom stereocenters. The first-order valence-corrected chi connectivity index (χ1v) is 6.92. The molecule has 1 aromatic rings. The highest BCUT2D eigenvalue weighted by Crippen LogP contribution is 2.16. The maximum absolute atomic E-state index is 10.7. The van der Waals surface area contributed by atoms with Gasteiger partial charge in [-0.05, 0) is 50.5 Å². The highest BCUT2D eigenvalue weighted by Gasteiger charge is 2.09. The van der Waals surface area contributed by atoms with Crippen LogP contribution in [0.4, 0.5) is 0 Å². The summed E-state index contributed by atoms with van der Waals surface area (Å²) in [6.07, 6.45) is 0.207. The number of aryl methyl sites for hydroxylation is 2. The molecule has 0 amide bonds. The van der Waals surface area contributed by atoms with Crippen LogP contribution in [-0.2, 0) is 10.1 Å². The van der Waals surface area contributed by atoms with Crippen molar-refractivity contribution in [2.75, 3.05) is 6.61 Å². The van der Waals surface area contributed by atoms with Gasteiger partial charge in [0.15, 0.2) is 0 Å². The summed E-state index contributed by atoms with van der Waals surface area (Å²) in [5.74, 6) is 0.706. The molecule has 5 heteroatoms. The number of ether oxygens (including phenoxy) is 1. The minimum Gasteiger partial charge on any atom is -0.748 e. The normalized spacial score (nSPS) is 13.4. The van der Waals surface area contributed by atoms with Gasteiger partial charge in [0.25, 0.3) is 0 Å². The molecule has 0 radical (unpaired) electrons. The topological polar surface area (TPSA) is 66.4 Å². The molecule has 0 heterocycles. The molecule has 0 N–H and O–H groups in total.